The number of carbonyl (C=O) groups is 1. The van der Waals surface area contributed by atoms with Gasteiger partial charge in [0.1, 0.15) is 0 Å². The van der Waals surface area contributed by atoms with Gasteiger partial charge in [-0.25, -0.2) is 4.68 Å². The van der Waals surface area contributed by atoms with E-state index in [2.05, 4.69) is 15.5 Å². The highest BCUT2D eigenvalue weighted by Crippen LogP contribution is 2.24. The molecule has 0 amide bonds. The SMILES string of the molecule is CCC(CC(=O)O)n1nnnc1-c1ccsc1. The maximum Gasteiger partial charge on any atom is 0.305 e. The molecule has 0 aliphatic heterocycles. The van der Waals surface area contributed by atoms with Gasteiger partial charge in [0.15, 0.2) is 5.82 Å². The third-order valence-electron chi connectivity index (χ3n) is 2.50. The first-order valence-corrected chi connectivity index (χ1v) is 6.19. The van der Waals surface area contributed by atoms with Crippen LogP contribution < -0.4 is 0 Å². The zero-order chi connectivity index (χ0) is 12.3. The van der Waals surface area contributed by atoms with Crippen LogP contribution in [0.1, 0.15) is 25.8 Å². The number of nitrogens with zero attached hydrogens (tertiary/aromatic N) is 4. The molecule has 0 aliphatic carbocycles. The summed E-state index contributed by atoms with van der Waals surface area (Å²) in [5, 5.41) is 24.2. The smallest absolute Gasteiger partial charge is 0.305 e. The lowest BCUT2D eigenvalue weighted by atomic mass is 10.1. The molecule has 0 aromatic carbocycles. The van der Waals surface area contributed by atoms with Gasteiger partial charge in [-0.15, -0.1) is 5.10 Å². The second kappa shape index (κ2) is 5.05. The van der Waals surface area contributed by atoms with Gasteiger partial charge in [-0.2, -0.15) is 11.3 Å². The Bertz CT molecular complexity index is 494. The molecule has 0 saturated heterocycles. The van der Waals surface area contributed by atoms with Crippen LogP contribution in [0, 0.1) is 0 Å². The van der Waals surface area contributed by atoms with E-state index in [1.165, 1.54) is 0 Å². The van der Waals surface area contributed by atoms with Crippen molar-refractivity contribution in [3.05, 3.63) is 16.8 Å². The topological polar surface area (TPSA) is 80.9 Å². The summed E-state index contributed by atoms with van der Waals surface area (Å²) in [7, 11) is 0. The van der Waals surface area contributed by atoms with Crippen molar-refractivity contribution in [1.29, 1.82) is 0 Å². The summed E-state index contributed by atoms with van der Waals surface area (Å²) in [6, 6.07) is 1.71. The minimum Gasteiger partial charge on any atom is -0.481 e. The van der Waals surface area contributed by atoms with Gasteiger partial charge in [-0.05, 0) is 28.3 Å². The van der Waals surface area contributed by atoms with E-state index in [9.17, 15) is 4.79 Å². The summed E-state index contributed by atoms with van der Waals surface area (Å²) in [5.41, 5.74) is 0.920. The van der Waals surface area contributed by atoms with Crippen LogP contribution in [0.2, 0.25) is 0 Å². The fourth-order valence-electron chi connectivity index (χ4n) is 1.63. The fraction of sp³-hybridized carbons (Fsp3) is 0.400. The number of carboxylic acids is 1. The van der Waals surface area contributed by atoms with Gasteiger partial charge in [0.05, 0.1) is 12.5 Å². The molecule has 0 fully saturated rings. The number of aromatic nitrogens is 4. The van der Waals surface area contributed by atoms with Crippen molar-refractivity contribution in [2.75, 3.05) is 0 Å². The average molecular weight is 252 g/mol. The Morgan fingerprint density at radius 1 is 1.65 bits per heavy atom. The number of rotatable bonds is 5. The van der Waals surface area contributed by atoms with Crippen molar-refractivity contribution < 1.29 is 9.90 Å². The zero-order valence-electron chi connectivity index (χ0n) is 9.28. The molecule has 6 nitrogen and oxygen atoms in total. The van der Waals surface area contributed by atoms with Crippen LogP contribution in [0.5, 0.6) is 0 Å². The largest absolute Gasteiger partial charge is 0.481 e. The van der Waals surface area contributed by atoms with Gasteiger partial charge in [0, 0.05) is 10.9 Å². The minimum atomic E-state index is -0.844. The summed E-state index contributed by atoms with van der Waals surface area (Å²) in [6.07, 6.45) is 0.702. The number of thiophene rings is 1. The van der Waals surface area contributed by atoms with Crippen LogP contribution in [0.3, 0.4) is 0 Å². The normalized spacial score (nSPS) is 12.5. The van der Waals surface area contributed by atoms with E-state index in [-0.39, 0.29) is 12.5 Å². The van der Waals surface area contributed by atoms with Crippen LogP contribution in [-0.4, -0.2) is 31.3 Å². The maximum atomic E-state index is 10.8. The van der Waals surface area contributed by atoms with Crippen LogP contribution in [0.25, 0.3) is 11.4 Å². The van der Waals surface area contributed by atoms with Crippen molar-refractivity contribution in [2.45, 2.75) is 25.8 Å². The second-order valence-corrected chi connectivity index (χ2v) is 4.40. The Labute approximate surface area is 102 Å². The quantitative estimate of drug-likeness (QED) is 0.878. The first-order chi connectivity index (χ1) is 8.22. The van der Waals surface area contributed by atoms with Gasteiger partial charge >= 0.3 is 5.97 Å². The Morgan fingerprint density at radius 3 is 3.06 bits per heavy atom. The monoisotopic (exact) mass is 252 g/mol. The van der Waals surface area contributed by atoms with E-state index in [1.54, 1.807) is 16.0 Å². The number of hydrogen-bond donors (Lipinski definition) is 1. The van der Waals surface area contributed by atoms with E-state index >= 15 is 0 Å². The Kier molecular flexibility index (Phi) is 3.48. The molecule has 17 heavy (non-hydrogen) atoms. The molecule has 2 rings (SSSR count). The lowest BCUT2D eigenvalue weighted by molar-refractivity contribution is -0.138. The van der Waals surface area contributed by atoms with E-state index in [1.807, 2.05) is 23.8 Å². The molecule has 1 unspecified atom stereocenters. The lowest BCUT2D eigenvalue weighted by Gasteiger charge is -2.13. The molecular formula is C10H12N4O2S. The number of hydrogen-bond acceptors (Lipinski definition) is 5. The van der Waals surface area contributed by atoms with E-state index in [0.29, 0.717) is 12.2 Å². The van der Waals surface area contributed by atoms with Crippen LogP contribution >= 0.6 is 11.3 Å². The summed E-state index contributed by atoms with van der Waals surface area (Å²) in [5.74, 6) is -0.219. The van der Waals surface area contributed by atoms with Crippen LogP contribution in [-0.2, 0) is 4.79 Å². The van der Waals surface area contributed by atoms with Gasteiger partial charge in [0.25, 0.3) is 0 Å². The van der Waals surface area contributed by atoms with Crippen molar-refractivity contribution >= 4 is 17.3 Å². The van der Waals surface area contributed by atoms with Gasteiger partial charge in [0.2, 0.25) is 0 Å². The van der Waals surface area contributed by atoms with Crippen LogP contribution in [0.4, 0.5) is 0 Å². The van der Waals surface area contributed by atoms with Gasteiger partial charge < -0.3 is 5.11 Å². The highest BCUT2D eigenvalue weighted by Gasteiger charge is 2.19. The molecule has 0 radical (unpaired) electrons. The molecule has 2 heterocycles. The highest BCUT2D eigenvalue weighted by atomic mass is 32.1. The van der Waals surface area contributed by atoms with Gasteiger partial charge in [-0.1, -0.05) is 6.92 Å². The number of aliphatic carboxylic acids is 1. The van der Waals surface area contributed by atoms with E-state index in [0.717, 1.165) is 5.56 Å². The highest BCUT2D eigenvalue weighted by molar-refractivity contribution is 7.08. The second-order valence-electron chi connectivity index (χ2n) is 3.62. The first kappa shape index (κ1) is 11.7. The number of carboxylic acid groups (broad SMARTS) is 1. The molecule has 0 spiro atoms. The predicted octanol–water partition coefficient (Wildman–Crippen LogP) is 1.83. The van der Waals surface area contributed by atoms with Crippen molar-refractivity contribution in [1.82, 2.24) is 20.2 Å². The Balaban J connectivity index is 2.32. The molecule has 2 aromatic heterocycles. The first-order valence-electron chi connectivity index (χ1n) is 5.24. The fourth-order valence-corrected chi connectivity index (χ4v) is 2.26. The predicted molar refractivity (Wildman–Crippen MR) is 62.7 cm³/mol. The molecule has 1 atom stereocenters. The molecule has 7 heteroatoms. The van der Waals surface area contributed by atoms with Crippen molar-refractivity contribution in [3.8, 4) is 11.4 Å². The standard InChI is InChI=1S/C10H12N4O2S/c1-2-8(5-9(15)16)14-10(11-12-13-14)7-3-4-17-6-7/h3-4,6,8H,2,5H2,1H3,(H,15,16). The zero-order valence-corrected chi connectivity index (χ0v) is 10.1. The van der Waals surface area contributed by atoms with Crippen molar-refractivity contribution in [3.63, 3.8) is 0 Å². The summed E-state index contributed by atoms with van der Waals surface area (Å²) in [6.45, 7) is 1.92. The van der Waals surface area contributed by atoms with E-state index < -0.39 is 5.97 Å². The number of tetrazole rings is 1. The van der Waals surface area contributed by atoms with Crippen molar-refractivity contribution in [2.24, 2.45) is 0 Å². The molecule has 2 aromatic rings. The molecule has 1 N–H and O–H groups in total. The summed E-state index contributed by atoms with van der Waals surface area (Å²) >= 11 is 1.55. The third kappa shape index (κ3) is 2.50. The molecule has 0 saturated carbocycles. The Morgan fingerprint density at radius 2 is 2.47 bits per heavy atom. The molecule has 0 bridgehead atoms. The summed E-state index contributed by atoms with van der Waals surface area (Å²) in [4.78, 5) is 10.8. The van der Waals surface area contributed by atoms with Crippen LogP contribution in [0.15, 0.2) is 16.8 Å². The Hall–Kier alpha value is -1.76. The minimum absolute atomic E-state index is 0.0265. The van der Waals surface area contributed by atoms with E-state index in [4.69, 9.17) is 5.11 Å². The third-order valence-corrected chi connectivity index (χ3v) is 3.18. The lowest BCUT2D eigenvalue weighted by Crippen LogP contribution is -2.15. The molecule has 90 valence electrons. The summed E-state index contributed by atoms with van der Waals surface area (Å²) < 4.78 is 1.59. The maximum absolute atomic E-state index is 10.8. The molecular weight excluding hydrogens is 240 g/mol. The van der Waals surface area contributed by atoms with Gasteiger partial charge in [-0.3, -0.25) is 4.79 Å². The average Bonchev–Trinajstić information content (AvgIpc) is 2.94. The molecule has 0 aliphatic rings.